The molecule has 0 spiro atoms. The van der Waals surface area contributed by atoms with Gasteiger partial charge in [0.15, 0.2) is 5.82 Å². The molecule has 0 amide bonds. The summed E-state index contributed by atoms with van der Waals surface area (Å²) in [6.45, 7) is 1.95. The number of carboxylic acid groups (broad SMARTS) is 1. The van der Waals surface area contributed by atoms with Crippen molar-refractivity contribution in [3.8, 4) is 5.82 Å². The van der Waals surface area contributed by atoms with Crippen molar-refractivity contribution in [2.24, 2.45) is 0 Å². The highest BCUT2D eigenvalue weighted by atomic mass is 35.5. The Morgan fingerprint density at radius 1 is 1.40 bits per heavy atom. The lowest BCUT2D eigenvalue weighted by Gasteiger charge is -2.02. The van der Waals surface area contributed by atoms with Gasteiger partial charge in [-0.15, -0.1) is 0 Å². The first kappa shape index (κ1) is 14.0. The first-order valence-corrected chi connectivity index (χ1v) is 6.02. The lowest BCUT2D eigenvalue weighted by Crippen LogP contribution is -2.05. The number of esters is 1. The van der Waals surface area contributed by atoms with Gasteiger partial charge in [-0.25, -0.2) is 19.3 Å². The van der Waals surface area contributed by atoms with Crippen molar-refractivity contribution in [2.75, 3.05) is 6.61 Å². The number of carboxylic acids is 1. The summed E-state index contributed by atoms with van der Waals surface area (Å²) in [5.41, 5.74) is 0.221. The molecule has 0 bridgehead atoms. The third-order valence-electron chi connectivity index (χ3n) is 2.36. The number of hydrogen-bond acceptors (Lipinski definition) is 5. The Labute approximate surface area is 118 Å². The van der Waals surface area contributed by atoms with Crippen LogP contribution in [-0.2, 0) is 4.74 Å². The minimum absolute atomic E-state index is 0.0202. The van der Waals surface area contributed by atoms with Crippen LogP contribution in [0.25, 0.3) is 5.82 Å². The molecule has 0 saturated carbocycles. The maximum absolute atomic E-state index is 11.5. The number of nitrogens with zero attached hydrogens (tertiary/aromatic N) is 3. The van der Waals surface area contributed by atoms with Crippen LogP contribution in [0.5, 0.6) is 0 Å². The second-order valence-corrected chi connectivity index (χ2v) is 4.12. The topological polar surface area (TPSA) is 94.3 Å². The normalized spacial score (nSPS) is 10.3. The number of ether oxygens (including phenoxy) is 1. The van der Waals surface area contributed by atoms with Gasteiger partial charge in [-0.05, 0) is 19.1 Å². The molecule has 0 saturated heterocycles. The van der Waals surface area contributed by atoms with Crippen molar-refractivity contribution in [1.82, 2.24) is 14.8 Å². The molecule has 0 radical (unpaired) electrons. The van der Waals surface area contributed by atoms with E-state index in [-0.39, 0.29) is 28.7 Å². The van der Waals surface area contributed by atoms with E-state index >= 15 is 0 Å². The van der Waals surface area contributed by atoms with Crippen LogP contribution >= 0.6 is 11.6 Å². The molecule has 2 heterocycles. The number of carbonyl (C=O) groups is 2. The van der Waals surface area contributed by atoms with E-state index in [1.807, 2.05) is 0 Å². The van der Waals surface area contributed by atoms with Gasteiger partial charge < -0.3 is 9.84 Å². The highest BCUT2D eigenvalue weighted by Crippen LogP contribution is 2.14. The predicted molar refractivity (Wildman–Crippen MR) is 69.3 cm³/mol. The molecule has 20 heavy (non-hydrogen) atoms. The van der Waals surface area contributed by atoms with Crippen LogP contribution < -0.4 is 0 Å². The lowest BCUT2D eigenvalue weighted by atomic mass is 10.2. The summed E-state index contributed by atoms with van der Waals surface area (Å²) in [6.07, 6.45) is 2.70. The van der Waals surface area contributed by atoms with Crippen LogP contribution in [0.3, 0.4) is 0 Å². The molecule has 8 heteroatoms. The summed E-state index contributed by atoms with van der Waals surface area (Å²) in [6, 6.07) is 2.53. The van der Waals surface area contributed by atoms with E-state index in [4.69, 9.17) is 21.4 Å². The van der Waals surface area contributed by atoms with Crippen molar-refractivity contribution in [3.05, 3.63) is 40.8 Å². The van der Waals surface area contributed by atoms with E-state index in [9.17, 15) is 9.59 Å². The van der Waals surface area contributed by atoms with Gasteiger partial charge in [0.25, 0.3) is 0 Å². The van der Waals surface area contributed by atoms with Crippen LogP contribution in [0, 0.1) is 0 Å². The van der Waals surface area contributed by atoms with E-state index in [1.165, 1.54) is 29.2 Å². The minimum Gasteiger partial charge on any atom is -0.478 e. The van der Waals surface area contributed by atoms with Gasteiger partial charge in [0.05, 0.1) is 23.9 Å². The molecule has 2 aromatic rings. The number of aromatic carboxylic acids is 1. The SMILES string of the molecule is CCOC(=O)c1cnn(-c2cc(C(=O)O)cc(Cl)n2)c1. The largest absolute Gasteiger partial charge is 0.478 e. The van der Waals surface area contributed by atoms with Crippen LogP contribution in [0.2, 0.25) is 5.15 Å². The van der Waals surface area contributed by atoms with Crippen molar-refractivity contribution < 1.29 is 19.4 Å². The van der Waals surface area contributed by atoms with Gasteiger partial charge in [0.1, 0.15) is 5.15 Å². The van der Waals surface area contributed by atoms with E-state index in [0.29, 0.717) is 0 Å². The van der Waals surface area contributed by atoms with Gasteiger partial charge in [-0.1, -0.05) is 11.6 Å². The quantitative estimate of drug-likeness (QED) is 0.682. The third-order valence-corrected chi connectivity index (χ3v) is 2.55. The summed E-state index contributed by atoms with van der Waals surface area (Å²) in [5.74, 6) is -1.45. The first-order chi connectivity index (χ1) is 9.51. The minimum atomic E-state index is -1.13. The Balaban J connectivity index is 2.37. The molecular weight excluding hydrogens is 286 g/mol. The average Bonchev–Trinajstić information content (AvgIpc) is 2.88. The molecule has 0 aliphatic heterocycles. The fraction of sp³-hybridized carbons (Fsp3) is 0.167. The molecule has 0 aliphatic carbocycles. The number of halogens is 1. The Morgan fingerprint density at radius 3 is 2.80 bits per heavy atom. The van der Waals surface area contributed by atoms with Crippen molar-refractivity contribution in [2.45, 2.75) is 6.92 Å². The van der Waals surface area contributed by atoms with Gasteiger partial charge in [0.2, 0.25) is 0 Å². The maximum Gasteiger partial charge on any atom is 0.341 e. The van der Waals surface area contributed by atoms with Crippen LogP contribution in [-0.4, -0.2) is 38.4 Å². The summed E-state index contributed by atoms with van der Waals surface area (Å²) >= 11 is 5.76. The average molecular weight is 296 g/mol. The van der Waals surface area contributed by atoms with Crippen molar-refractivity contribution >= 4 is 23.5 Å². The lowest BCUT2D eigenvalue weighted by molar-refractivity contribution is 0.0525. The van der Waals surface area contributed by atoms with Crippen LogP contribution in [0.15, 0.2) is 24.5 Å². The monoisotopic (exact) mass is 295 g/mol. The Bertz CT molecular complexity index is 668. The second-order valence-electron chi connectivity index (χ2n) is 3.74. The van der Waals surface area contributed by atoms with Crippen molar-refractivity contribution in [1.29, 1.82) is 0 Å². The molecule has 0 aromatic carbocycles. The van der Waals surface area contributed by atoms with Crippen molar-refractivity contribution in [3.63, 3.8) is 0 Å². The summed E-state index contributed by atoms with van der Waals surface area (Å²) in [4.78, 5) is 26.4. The fourth-order valence-corrected chi connectivity index (χ4v) is 1.70. The molecule has 0 atom stereocenters. The number of hydrogen-bond donors (Lipinski definition) is 1. The van der Waals surface area contributed by atoms with Crippen LogP contribution in [0.4, 0.5) is 0 Å². The van der Waals surface area contributed by atoms with Gasteiger partial charge >= 0.3 is 11.9 Å². The Morgan fingerprint density at radius 2 is 2.15 bits per heavy atom. The van der Waals surface area contributed by atoms with Crippen LogP contribution in [0.1, 0.15) is 27.6 Å². The molecule has 0 fully saturated rings. The molecule has 7 nitrogen and oxygen atoms in total. The standard InChI is InChI=1S/C12H10ClN3O4/c1-2-20-12(19)8-5-14-16(6-8)10-4-7(11(17)18)3-9(13)15-10/h3-6H,2H2,1H3,(H,17,18). The van der Waals surface area contributed by atoms with E-state index in [0.717, 1.165) is 0 Å². The number of aromatic nitrogens is 3. The zero-order valence-electron chi connectivity index (χ0n) is 10.4. The van der Waals surface area contributed by atoms with Gasteiger partial charge in [-0.3, -0.25) is 0 Å². The van der Waals surface area contributed by atoms with E-state index in [1.54, 1.807) is 6.92 Å². The molecule has 1 N–H and O–H groups in total. The second kappa shape index (κ2) is 5.70. The highest BCUT2D eigenvalue weighted by Gasteiger charge is 2.13. The Hall–Kier alpha value is -2.41. The maximum atomic E-state index is 11.5. The third kappa shape index (κ3) is 2.94. The number of pyridine rings is 1. The van der Waals surface area contributed by atoms with E-state index < -0.39 is 11.9 Å². The van der Waals surface area contributed by atoms with E-state index in [2.05, 4.69) is 10.1 Å². The Kier molecular flexibility index (Phi) is 3.99. The van der Waals surface area contributed by atoms with Gasteiger partial charge in [0, 0.05) is 6.20 Å². The molecule has 104 valence electrons. The first-order valence-electron chi connectivity index (χ1n) is 5.64. The smallest absolute Gasteiger partial charge is 0.341 e. The highest BCUT2D eigenvalue weighted by molar-refractivity contribution is 6.29. The number of rotatable bonds is 4. The zero-order chi connectivity index (χ0) is 14.7. The summed E-state index contributed by atoms with van der Waals surface area (Å²) in [5, 5.41) is 12.9. The zero-order valence-corrected chi connectivity index (χ0v) is 11.2. The molecular formula is C12H10ClN3O4. The molecule has 2 aromatic heterocycles. The number of carbonyl (C=O) groups excluding carboxylic acids is 1. The molecule has 0 aliphatic rings. The fourth-order valence-electron chi connectivity index (χ4n) is 1.49. The molecule has 2 rings (SSSR count). The molecule has 0 unspecified atom stereocenters. The van der Waals surface area contributed by atoms with Gasteiger partial charge in [-0.2, -0.15) is 5.10 Å². The summed E-state index contributed by atoms with van der Waals surface area (Å²) < 4.78 is 6.08. The summed E-state index contributed by atoms with van der Waals surface area (Å²) in [7, 11) is 0. The predicted octanol–water partition coefficient (Wildman–Crippen LogP) is 1.80.